The first-order chi connectivity index (χ1) is 12.6. The van der Waals surface area contributed by atoms with Crippen molar-refractivity contribution in [3.63, 3.8) is 0 Å². The Morgan fingerprint density at radius 2 is 2.07 bits per heavy atom. The molecule has 0 aliphatic carbocycles. The van der Waals surface area contributed by atoms with E-state index in [0.717, 1.165) is 19.3 Å². The van der Waals surface area contributed by atoms with Crippen molar-refractivity contribution in [1.29, 1.82) is 0 Å². The first kappa shape index (κ1) is 22.1. The average Bonchev–Trinajstić information content (AvgIpc) is 3.12. The van der Waals surface area contributed by atoms with Gasteiger partial charge in [0.15, 0.2) is 0 Å². The van der Waals surface area contributed by atoms with Crippen LogP contribution in [0.3, 0.4) is 0 Å². The van der Waals surface area contributed by atoms with Gasteiger partial charge in [0.1, 0.15) is 4.90 Å². The maximum atomic E-state index is 12.8. The van der Waals surface area contributed by atoms with Crippen LogP contribution in [0.2, 0.25) is 5.02 Å². The van der Waals surface area contributed by atoms with Crippen molar-refractivity contribution in [2.45, 2.75) is 57.1 Å². The van der Waals surface area contributed by atoms with Crippen LogP contribution >= 0.6 is 11.6 Å². The predicted molar refractivity (Wildman–Crippen MR) is 107 cm³/mol. The van der Waals surface area contributed by atoms with Gasteiger partial charge in [-0.15, -0.1) is 0 Å². The molecule has 152 valence electrons. The van der Waals surface area contributed by atoms with Gasteiger partial charge in [-0.25, -0.2) is 13.1 Å². The third-order valence-corrected chi connectivity index (χ3v) is 6.69. The molecule has 2 atom stereocenters. The number of nitrogens with zero attached hydrogens (tertiary/aromatic N) is 1. The Morgan fingerprint density at radius 3 is 2.67 bits per heavy atom. The molecule has 0 radical (unpaired) electrons. The Hall–Kier alpha value is -1.15. The SMILES string of the molecule is CC(C)CC(C)N(C)C(=O)c1ccc(Cl)c(S(=O)(=O)NCC2CCCO2)c1. The summed E-state index contributed by atoms with van der Waals surface area (Å²) in [7, 11) is -2.10. The molecule has 1 aromatic rings. The summed E-state index contributed by atoms with van der Waals surface area (Å²) in [6, 6.07) is 4.41. The molecule has 1 heterocycles. The van der Waals surface area contributed by atoms with E-state index in [-0.39, 0.29) is 34.5 Å². The van der Waals surface area contributed by atoms with Gasteiger partial charge in [-0.2, -0.15) is 0 Å². The number of nitrogens with one attached hydrogen (secondary N) is 1. The van der Waals surface area contributed by atoms with E-state index in [0.29, 0.717) is 18.1 Å². The molecule has 6 nitrogen and oxygen atoms in total. The second-order valence-electron chi connectivity index (χ2n) is 7.53. The monoisotopic (exact) mass is 416 g/mol. The minimum Gasteiger partial charge on any atom is -0.377 e. The van der Waals surface area contributed by atoms with Crippen LogP contribution < -0.4 is 4.72 Å². The molecule has 1 aliphatic heterocycles. The molecule has 1 aliphatic rings. The lowest BCUT2D eigenvalue weighted by Gasteiger charge is -2.26. The van der Waals surface area contributed by atoms with Crippen LogP contribution in [-0.4, -0.2) is 51.6 Å². The number of carbonyl (C=O) groups excluding carboxylic acids is 1. The van der Waals surface area contributed by atoms with Gasteiger partial charge in [0.05, 0.1) is 11.1 Å². The molecule has 0 spiro atoms. The van der Waals surface area contributed by atoms with Gasteiger partial charge in [0, 0.05) is 31.8 Å². The molecule has 2 unspecified atom stereocenters. The lowest BCUT2D eigenvalue weighted by Crippen LogP contribution is -2.36. The molecular weight excluding hydrogens is 388 g/mol. The fourth-order valence-electron chi connectivity index (χ4n) is 3.17. The van der Waals surface area contributed by atoms with Crippen molar-refractivity contribution < 1.29 is 17.9 Å². The van der Waals surface area contributed by atoms with E-state index in [1.54, 1.807) is 18.0 Å². The minimum absolute atomic E-state index is 0.0471. The van der Waals surface area contributed by atoms with Gasteiger partial charge in [-0.05, 0) is 50.3 Å². The molecule has 0 aromatic heterocycles. The van der Waals surface area contributed by atoms with Gasteiger partial charge in [-0.1, -0.05) is 25.4 Å². The van der Waals surface area contributed by atoms with E-state index in [2.05, 4.69) is 18.6 Å². The van der Waals surface area contributed by atoms with Crippen LogP contribution in [-0.2, 0) is 14.8 Å². The van der Waals surface area contributed by atoms with Gasteiger partial charge in [0.2, 0.25) is 10.0 Å². The number of sulfonamides is 1. The summed E-state index contributed by atoms with van der Waals surface area (Å²) in [5, 5.41) is 0.0873. The fraction of sp³-hybridized carbons (Fsp3) is 0.632. The second kappa shape index (κ2) is 9.37. The average molecular weight is 417 g/mol. The number of amides is 1. The first-order valence-corrected chi connectivity index (χ1v) is 11.2. The number of hydrogen-bond donors (Lipinski definition) is 1. The molecule has 1 saturated heterocycles. The van der Waals surface area contributed by atoms with Crippen molar-refractivity contribution in [3.8, 4) is 0 Å². The minimum atomic E-state index is -3.83. The molecule has 1 fully saturated rings. The summed E-state index contributed by atoms with van der Waals surface area (Å²) < 4.78 is 33.3. The first-order valence-electron chi connectivity index (χ1n) is 9.29. The quantitative estimate of drug-likeness (QED) is 0.705. The maximum Gasteiger partial charge on any atom is 0.253 e. The van der Waals surface area contributed by atoms with Crippen LogP contribution in [0.25, 0.3) is 0 Å². The summed E-state index contributed by atoms with van der Waals surface area (Å²) in [6.07, 6.45) is 2.50. The summed E-state index contributed by atoms with van der Waals surface area (Å²) in [6.45, 7) is 7.03. The van der Waals surface area contributed by atoms with E-state index in [1.165, 1.54) is 12.1 Å². The highest BCUT2D eigenvalue weighted by molar-refractivity contribution is 7.89. The lowest BCUT2D eigenvalue weighted by molar-refractivity contribution is 0.0728. The molecule has 8 heteroatoms. The van der Waals surface area contributed by atoms with Crippen LogP contribution in [0.1, 0.15) is 50.4 Å². The standard InChI is InChI=1S/C19H29ClN2O4S/c1-13(2)10-14(3)22(4)19(23)15-7-8-17(20)18(11-15)27(24,25)21-12-16-6-5-9-26-16/h7-8,11,13-14,16,21H,5-6,9-10,12H2,1-4H3. The fourth-order valence-corrected chi connectivity index (χ4v) is 4.76. The van der Waals surface area contributed by atoms with Gasteiger partial charge < -0.3 is 9.64 Å². The molecule has 1 N–H and O–H groups in total. The zero-order valence-electron chi connectivity index (χ0n) is 16.4. The maximum absolute atomic E-state index is 12.8. The Balaban J connectivity index is 2.17. The Morgan fingerprint density at radius 1 is 1.37 bits per heavy atom. The smallest absolute Gasteiger partial charge is 0.253 e. The zero-order chi connectivity index (χ0) is 20.2. The van der Waals surface area contributed by atoms with Crippen molar-refractivity contribution in [1.82, 2.24) is 9.62 Å². The number of carbonyl (C=O) groups is 1. The van der Waals surface area contributed by atoms with Crippen LogP contribution in [0, 0.1) is 5.92 Å². The molecule has 0 saturated carbocycles. The molecule has 0 bridgehead atoms. The number of rotatable bonds is 8. The van der Waals surface area contributed by atoms with Crippen LogP contribution in [0.4, 0.5) is 0 Å². The van der Waals surface area contributed by atoms with Gasteiger partial charge >= 0.3 is 0 Å². The Labute approximate surface area is 167 Å². The van der Waals surface area contributed by atoms with Gasteiger partial charge in [-0.3, -0.25) is 4.79 Å². The lowest BCUT2D eigenvalue weighted by atomic mass is 10.0. The highest BCUT2D eigenvalue weighted by Crippen LogP contribution is 2.24. The zero-order valence-corrected chi connectivity index (χ0v) is 17.9. The number of hydrogen-bond acceptors (Lipinski definition) is 4. The highest BCUT2D eigenvalue weighted by atomic mass is 35.5. The van der Waals surface area contributed by atoms with E-state index in [4.69, 9.17) is 16.3 Å². The molecule has 2 rings (SSSR count). The topological polar surface area (TPSA) is 75.7 Å². The third-order valence-electron chi connectivity index (χ3n) is 4.79. The van der Waals surface area contributed by atoms with Crippen molar-refractivity contribution >= 4 is 27.5 Å². The normalized spacial score (nSPS) is 18.7. The van der Waals surface area contributed by atoms with Crippen molar-refractivity contribution in [2.75, 3.05) is 20.2 Å². The Kier molecular flexibility index (Phi) is 7.68. The third kappa shape index (κ3) is 5.91. The van der Waals surface area contributed by atoms with Crippen molar-refractivity contribution in [2.24, 2.45) is 5.92 Å². The summed E-state index contributed by atoms with van der Waals surface area (Å²) in [5.74, 6) is 0.230. The van der Waals surface area contributed by atoms with Gasteiger partial charge in [0.25, 0.3) is 5.91 Å². The van der Waals surface area contributed by atoms with Crippen LogP contribution in [0.15, 0.2) is 23.1 Å². The summed E-state index contributed by atoms with van der Waals surface area (Å²) in [5.41, 5.74) is 0.301. The summed E-state index contributed by atoms with van der Waals surface area (Å²) >= 11 is 6.12. The molecular formula is C19H29ClN2O4S. The number of ether oxygens (including phenoxy) is 1. The van der Waals surface area contributed by atoms with E-state index < -0.39 is 10.0 Å². The van der Waals surface area contributed by atoms with Crippen LogP contribution in [0.5, 0.6) is 0 Å². The van der Waals surface area contributed by atoms with Crippen molar-refractivity contribution in [3.05, 3.63) is 28.8 Å². The second-order valence-corrected chi connectivity index (χ2v) is 9.67. The summed E-state index contributed by atoms with van der Waals surface area (Å²) in [4.78, 5) is 14.3. The largest absolute Gasteiger partial charge is 0.377 e. The van der Waals surface area contributed by atoms with E-state index in [9.17, 15) is 13.2 Å². The predicted octanol–water partition coefficient (Wildman–Crippen LogP) is 3.30. The van der Waals surface area contributed by atoms with E-state index >= 15 is 0 Å². The molecule has 1 aromatic carbocycles. The molecule has 27 heavy (non-hydrogen) atoms. The highest BCUT2D eigenvalue weighted by Gasteiger charge is 2.25. The number of halogens is 1. The Bertz CT molecular complexity index is 761. The molecule has 1 amide bonds. The van der Waals surface area contributed by atoms with E-state index in [1.807, 2.05) is 6.92 Å². The number of benzene rings is 1.